The van der Waals surface area contributed by atoms with Gasteiger partial charge in [-0.1, -0.05) is 23.8 Å². The third-order valence-corrected chi connectivity index (χ3v) is 5.70. The lowest BCUT2D eigenvalue weighted by Gasteiger charge is -2.17. The van der Waals surface area contributed by atoms with Gasteiger partial charge in [0, 0.05) is 13.0 Å². The van der Waals surface area contributed by atoms with E-state index < -0.39 is 21.8 Å². The topological polar surface area (TPSA) is 127 Å². The Balaban J connectivity index is 1.59. The first-order valence-corrected chi connectivity index (χ1v) is 10.5. The second-order valence-electron chi connectivity index (χ2n) is 6.96. The number of rotatable bonds is 6. The lowest BCUT2D eigenvalue weighted by Crippen LogP contribution is -2.35. The molecule has 2 aromatic carbocycles. The molecule has 3 rings (SSSR count). The minimum Gasteiger partial charge on any atom is -0.350 e. The number of primary sulfonamides is 1. The van der Waals surface area contributed by atoms with Gasteiger partial charge in [-0.3, -0.25) is 19.3 Å². The standard InChI is InChI=1S/C20H21N3O5S/c1-12-3-8-16-17(11-12)20(26)23(19(16)25)10-9-18(24)22-13(2)14-4-6-15(7-5-14)29(21,27)28/h3-8,11,13H,9-10H2,1-2H3,(H,22,24)(H2,21,27,28). The maximum atomic E-state index is 12.4. The smallest absolute Gasteiger partial charge is 0.261 e. The van der Waals surface area contributed by atoms with Crippen molar-refractivity contribution in [2.45, 2.75) is 31.2 Å². The van der Waals surface area contributed by atoms with Crippen molar-refractivity contribution in [2.24, 2.45) is 5.14 Å². The number of imide groups is 1. The Bertz CT molecular complexity index is 1090. The van der Waals surface area contributed by atoms with Crippen LogP contribution in [0.25, 0.3) is 0 Å². The van der Waals surface area contributed by atoms with Crippen LogP contribution in [0.4, 0.5) is 0 Å². The molecule has 1 heterocycles. The van der Waals surface area contributed by atoms with Crippen molar-refractivity contribution >= 4 is 27.7 Å². The summed E-state index contributed by atoms with van der Waals surface area (Å²) in [5.74, 6) is -1.13. The number of nitrogens with zero attached hydrogens (tertiary/aromatic N) is 1. The lowest BCUT2D eigenvalue weighted by atomic mass is 10.1. The number of carbonyl (C=O) groups is 3. The van der Waals surface area contributed by atoms with Gasteiger partial charge in [0.15, 0.2) is 0 Å². The Morgan fingerprint density at radius 2 is 1.69 bits per heavy atom. The number of benzene rings is 2. The number of sulfonamides is 1. The van der Waals surface area contributed by atoms with Crippen LogP contribution in [0.2, 0.25) is 0 Å². The zero-order valence-corrected chi connectivity index (χ0v) is 16.8. The van der Waals surface area contributed by atoms with Gasteiger partial charge in [0.2, 0.25) is 15.9 Å². The van der Waals surface area contributed by atoms with E-state index in [1.54, 1.807) is 37.3 Å². The molecule has 0 saturated carbocycles. The van der Waals surface area contributed by atoms with Gasteiger partial charge in [-0.25, -0.2) is 13.6 Å². The molecular weight excluding hydrogens is 394 g/mol. The summed E-state index contributed by atoms with van der Waals surface area (Å²) in [4.78, 5) is 38.2. The van der Waals surface area contributed by atoms with Crippen molar-refractivity contribution in [3.8, 4) is 0 Å². The molecule has 1 unspecified atom stereocenters. The maximum Gasteiger partial charge on any atom is 0.261 e. The molecule has 8 nitrogen and oxygen atoms in total. The average molecular weight is 415 g/mol. The molecule has 1 aliphatic heterocycles. The Morgan fingerprint density at radius 1 is 1.07 bits per heavy atom. The number of carbonyl (C=O) groups excluding carboxylic acids is 3. The SMILES string of the molecule is Cc1ccc2c(c1)C(=O)N(CCC(=O)NC(C)c1ccc(S(N)(=O)=O)cc1)C2=O. The van der Waals surface area contributed by atoms with E-state index in [1.165, 1.54) is 12.1 Å². The van der Waals surface area contributed by atoms with Crippen LogP contribution in [-0.4, -0.2) is 37.6 Å². The van der Waals surface area contributed by atoms with Crippen molar-refractivity contribution < 1.29 is 22.8 Å². The molecule has 3 N–H and O–H groups in total. The second-order valence-corrected chi connectivity index (χ2v) is 8.53. The first kappa shape index (κ1) is 20.7. The summed E-state index contributed by atoms with van der Waals surface area (Å²) in [5.41, 5.74) is 2.29. The number of fused-ring (bicyclic) bond motifs is 1. The summed E-state index contributed by atoms with van der Waals surface area (Å²) in [6, 6.07) is 10.5. The van der Waals surface area contributed by atoms with Gasteiger partial charge in [-0.2, -0.15) is 0 Å². The Morgan fingerprint density at radius 3 is 2.31 bits per heavy atom. The molecule has 0 aromatic heterocycles. The molecule has 0 saturated heterocycles. The van der Waals surface area contributed by atoms with Gasteiger partial charge in [-0.05, 0) is 43.7 Å². The summed E-state index contributed by atoms with van der Waals surface area (Å²) in [6.07, 6.45) is -0.0376. The van der Waals surface area contributed by atoms with Crippen LogP contribution < -0.4 is 10.5 Å². The first-order chi connectivity index (χ1) is 13.6. The van der Waals surface area contributed by atoms with E-state index in [2.05, 4.69) is 5.32 Å². The predicted octanol–water partition coefficient (Wildman–Crippen LogP) is 1.51. The molecule has 1 atom stereocenters. The zero-order valence-electron chi connectivity index (χ0n) is 16.0. The van der Waals surface area contributed by atoms with Crippen LogP contribution in [0.3, 0.4) is 0 Å². The van der Waals surface area contributed by atoms with Gasteiger partial charge < -0.3 is 5.32 Å². The molecule has 0 spiro atoms. The Kier molecular flexibility index (Phi) is 5.54. The monoisotopic (exact) mass is 415 g/mol. The molecule has 0 radical (unpaired) electrons. The highest BCUT2D eigenvalue weighted by Gasteiger charge is 2.35. The Hall–Kier alpha value is -3.04. The van der Waals surface area contributed by atoms with Crippen molar-refractivity contribution in [1.82, 2.24) is 10.2 Å². The van der Waals surface area contributed by atoms with E-state index in [4.69, 9.17) is 5.14 Å². The Labute approximate surface area is 168 Å². The fourth-order valence-corrected chi connectivity index (χ4v) is 3.68. The van der Waals surface area contributed by atoms with E-state index in [1.807, 2.05) is 6.92 Å². The zero-order chi connectivity index (χ0) is 21.3. The summed E-state index contributed by atoms with van der Waals surface area (Å²) in [5, 5.41) is 7.84. The number of aryl methyl sites for hydroxylation is 1. The largest absolute Gasteiger partial charge is 0.350 e. The molecule has 0 fully saturated rings. The van der Waals surface area contributed by atoms with Crippen molar-refractivity contribution in [2.75, 3.05) is 6.54 Å². The number of hydrogen-bond acceptors (Lipinski definition) is 5. The van der Waals surface area contributed by atoms with Crippen molar-refractivity contribution in [1.29, 1.82) is 0 Å². The van der Waals surface area contributed by atoms with E-state index in [9.17, 15) is 22.8 Å². The molecule has 2 aromatic rings. The van der Waals surface area contributed by atoms with E-state index in [0.29, 0.717) is 16.7 Å². The maximum absolute atomic E-state index is 12.4. The minimum atomic E-state index is -3.78. The third kappa shape index (κ3) is 4.36. The number of hydrogen-bond donors (Lipinski definition) is 2. The van der Waals surface area contributed by atoms with Crippen LogP contribution in [-0.2, 0) is 14.8 Å². The highest BCUT2D eigenvalue weighted by atomic mass is 32.2. The predicted molar refractivity (Wildman–Crippen MR) is 106 cm³/mol. The van der Waals surface area contributed by atoms with Crippen molar-refractivity contribution in [3.05, 3.63) is 64.7 Å². The average Bonchev–Trinajstić information content (AvgIpc) is 2.89. The van der Waals surface area contributed by atoms with Crippen molar-refractivity contribution in [3.63, 3.8) is 0 Å². The fourth-order valence-electron chi connectivity index (χ4n) is 3.16. The van der Waals surface area contributed by atoms with Gasteiger partial charge in [0.1, 0.15) is 0 Å². The molecule has 29 heavy (non-hydrogen) atoms. The van der Waals surface area contributed by atoms with E-state index in [0.717, 1.165) is 10.5 Å². The van der Waals surface area contributed by atoms with Crippen LogP contribution in [0, 0.1) is 6.92 Å². The van der Waals surface area contributed by atoms with Gasteiger partial charge >= 0.3 is 0 Å². The molecule has 1 aliphatic rings. The summed E-state index contributed by atoms with van der Waals surface area (Å²) < 4.78 is 22.6. The van der Waals surface area contributed by atoms with Crippen LogP contribution in [0.15, 0.2) is 47.4 Å². The quantitative estimate of drug-likeness (QED) is 0.692. The summed E-state index contributed by atoms with van der Waals surface area (Å²) in [7, 11) is -3.78. The van der Waals surface area contributed by atoms with Crippen LogP contribution in [0.5, 0.6) is 0 Å². The van der Waals surface area contributed by atoms with E-state index >= 15 is 0 Å². The first-order valence-electron chi connectivity index (χ1n) is 8.97. The molecule has 152 valence electrons. The molecule has 3 amide bonds. The van der Waals surface area contributed by atoms with Gasteiger partial charge in [0.25, 0.3) is 11.8 Å². The van der Waals surface area contributed by atoms with Crippen LogP contribution >= 0.6 is 0 Å². The number of amides is 3. The number of nitrogens with two attached hydrogens (primary N) is 1. The third-order valence-electron chi connectivity index (χ3n) is 4.77. The molecule has 0 aliphatic carbocycles. The minimum absolute atomic E-state index is 0.0133. The van der Waals surface area contributed by atoms with Gasteiger partial charge in [-0.15, -0.1) is 0 Å². The fraction of sp³-hybridized carbons (Fsp3) is 0.250. The van der Waals surface area contributed by atoms with Gasteiger partial charge in [0.05, 0.1) is 22.1 Å². The molecule has 9 heteroatoms. The lowest BCUT2D eigenvalue weighted by molar-refractivity contribution is -0.121. The second kappa shape index (κ2) is 7.76. The normalized spacial score (nSPS) is 14.7. The molecule has 0 bridgehead atoms. The summed E-state index contributed by atoms with van der Waals surface area (Å²) in [6.45, 7) is 3.56. The van der Waals surface area contributed by atoms with Crippen LogP contribution in [0.1, 0.15) is 51.2 Å². The van der Waals surface area contributed by atoms with E-state index in [-0.39, 0.29) is 29.8 Å². The molecular formula is C20H21N3O5S. The summed E-state index contributed by atoms with van der Waals surface area (Å²) >= 11 is 0. The highest BCUT2D eigenvalue weighted by molar-refractivity contribution is 7.89. The highest BCUT2D eigenvalue weighted by Crippen LogP contribution is 2.24. The number of nitrogens with one attached hydrogen (secondary N) is 1.